The van der Waals surface area contributed by atoms with Gasteiger partial charge < -0.3 is 14.8 Å². The van der Waals surface area contributed by atoms with E-state index in [1.807, 2.05) is 74.5 Å². The van der Waals surface area contributed by atoms with Crippen LogP contribution >= 0.6 is 0 Å². The van der Waals surface area contributed by atoms with E-state index in [9.17, 15) is 4.79 Å². The van der Waals surface area contributed by atoms with Gasteiger partial charge in [-0.25, -0.2) is 10.2 Å². The van der Waals surface area contributed by atoms with Crippen molar-refractivity contribution < 1.29 is 14.3 Å². The summed E-state index contributed by atoms with van der Waals surface area (Å²) in [7, 11) is 0. The Bertz CT molecular complexity index is 999. The highest BCUT2D eigenvalue weighted by Crippen LogP contribution is 2.22. The predicted octanol–water partition coefficient (Wildman–Crippen LogP) is 5.31. The van der Waals surface area contributed by atoms with Crippen molar-refractivity contribution >= 4 is 17.9 Å². The number of nitrogens with zero attached hydrogens (tertiary/aromatic N) is 1. The van der Waals surface area contributed by atoms with E-state index in [1.165, 1.54) is 0 Å². The highest BCUT2D eigenvalue weighted by Gasteiger charge is 2.03. The van der Waals surface area contributed by atoms with Crippen LogP contribution in [0.2, 0.25) is 0 Å². The molecule has 2 amide bonds. The van der Waals surface area contributed by atoms with E-state index in [4.69, 9.17) is 9.47 Å². The van der Waals surface area contributed by atoms with Crippen molar-refractivity contribution in [1.82, 2.24) is 5.43 Å². The first-order valence-electron chi connectivity index (χ1n) is 10.2. The Morgan fingerprint density at radius 3 is 2.39 bits per heavy atom. The standard InChI is InChI=1S/C25H27N3O3/c1-19-9-6-10-20(2)24(19)31-16-8-15-30-23-14-7-11-21(17-23)18-26-28-25(29)27-22-12-4-3-5-13-22/h3-7,9-14,17-18H,8,15-16H2,1-2H3,(H2,27,28,29). The highest BCUT2D eigenvalue weighted by molar-refractivity contribution is 5.90. The largest absolute Gasteiger partial charge is 0.493 e. The minimum absolute atomic E-state index is 0.404. The number of carbonyl (C=O) groups excluding carboxylic acids is 1. The van der Waals surface area contributed by atoms with Gasteiger partial charge in [0.15, 0.2) is 0 Å². The molecular formula is C25H27N3O3. The number of hydrogen-bond acceptors (Lipinski definition) is 4. The van der Waals surface area contributed by atoms with Gasteiger partial charge >= 0.3 is 6.03 Å². The van der Waals surface area contributed by atoms with Crippen LogP contribution in [-0.4, -0.2) is 25.5 Å². The molecule has 160 valence electrons. The molecule has 0 aliphatic rings. The number of aryl methyl sites for hydroxylation is 2. The summed E-state index contributed by atoms with van der Waals surface area (Å²) >= 11 is 0. The summed E-state index contributed by atoms with van der Waals surface area (Å²) in [5, 5.41) is 6.67. The topological polar surface area (TPSA) is 72.0 Å². The van der Waals surface area contributed by atoms with Gasteiger partial charge in [-0.05, 0) is 54.8 Å². The number of hydrogen-bond donors (Lipinski definition) is 2. The minimum Gasteiger partial charge on any atom is -0.493 e. The first-order valence-corrected chi connectivity index (χ1v) is 10.2. The summed E-state index contributed by atoms with van der Waals surface area (Å²) in [6.07, 6.45) is 2.34. The van der Waals surface area contributed by atoms with Gasteiger partial charge in [0.1, 0.15) is 11.5 Å². The fourth-order valence-corrected chi connectivity index (χ4v) is 2.98. The zero-order valence-corrected chi connectivity index (χ0v) is 17.8. The zero-order chi connectivity index (χ0) is 21.9. The van der Waals surface area contributed by atoms with Gasteiger partial charge in [-0.1, -0.05) is 48.5 Å². The second-order valence-electron chi connectivity index (χ2n) is 7.03. The van der Waals surface area contributed by atoms with Gasteiger partial charge in [0.05, 0.1) is 19.4 Å². The number of carbonyl (C=O) groups is 1. The highest BCUT2D eigenvalue weighted by atomic mass is 16.5. The van der Waals surface area contributed by atoms with Crippen LogP contribution in [-0.2, 0) is 0 Å². The molecule has 6 heteroatoms. The minimum atomic E-state index is -0.404. The molecule has 0 unspecified atom stereocenters. The van der Waals surface area contributed by atoms with Crippen LogP contribution in [0.5, 0.6) is 11.5 Å². The van der Waals surface area contributed by atoms with E-state index in [1.54, 1.807) is 18.3 Å². The lowest BCUT2D eigenvalue weighted by atomic mass is 10.1. The van der Waals surface area contributed by atoms with Crippen LogP contribution in [0.4, 0.5) is 10.5 Å². The molecule has 31 heavy (non-hydrogen) atoms. The number of hydrazone groups is 1. The molecule has 0 aliphatic heterocycles. The Morgan fingerprint density at radius 1 is 0.903 bits per heavy atom. The summed E-state index contributed by atoms with van der Waals surface area (Å²) in [5.41, 5.74) is 6.25. The van der Waals surface area contributed by atoms with Crippen molar-refractivity contribution in [3.05, 3.63) is 89.5 Å². The molecule has 0 bridgehead atoms. The maximum absolute atomic E-state index is 11.8. The molecule has 3 aromatic carbocycles. The average molecular weight is 418 g/mol. The number of para-hydroxylation sites is 2. The predicted molar refractivity (Wildman–Crippen MR) is 124 cm³/mol. The lowest BCUT2D eigenvalue weighted by Crippen LogP contribution is -2.24. The van der Waals surface area contributed by atoms with E-state index in [-0.39, 0.29) is 0 Å². The molecule has 3 aromatic rings. The smallest absolute Gasteiger partial charge is 0.339 e. The van der Waals surface area contributed by atoms with E-state index in [0.717, 1.165) is 34.6 Å². The molecule has 2 N–H and O–H groups in total. The summed E-state index contributed by atoms with van der Waals surface area (Å²) in [5.74, 6) is 1.69. The lowest BCUT2D eigenvalue weighted by Gasteiger charge is -2.12. The van der Waals surface area contributed by atoms with Crippen molar-refractivity contribution in [2.75, 3.05) is 18.5 Å². The molecule has 0 spiro atoms. The van der Waals surface area contributed by atoms with Gasteiger partial charge in [0.2, 0.25) is 0 Å². The summed E-state index contributed by atoms with van der Waals surface area (Å²) in [4.78, 5) is 11.8. The number of urea groups is 1. The number of benzene rings is 3. The van der Waals surface area contributed by atoms with Gasteiger partial charge in [0.25, 0.3) is 0 Å². The van der Waals surface area contributed by atoms with Crippen LogP contribution in [0, 0.1) is 13.8 Å². The number of amides is 2. The third-order valence-electron chi connectivity index (χ3n) is 4.48. The first-order chi connectivity index (χ1) is 15.1. The fraction of sp³-hybridized carbons (Fsp3) is 0.200. The molecule has 0 radical (unpaired) electrons. The van der Waals surface area contributed by atoms with Crippen molar-refractivity contribution in [3.63, 3.8) is 0 Å². The van der Waals surface area contributed by atoms with Gasteiger partial charge in [-0.15, -0.1) is 0 Å². The van der Waals surface area contributed by atoms with E-state index in [0.29, 0.717) is 18.9 Å². The number of ether oxygens (including phenoxy) is 2. The SMILES string of the molecule is Cc1cccc(C)c1OCCCOc1cccc(C=NNC(=O)Nc2ccccc2)c1. The van der Waals surface area contributed by atoms with Crippen molar-refractivity contribution in [2.24, 2.45) is 5.10 Å². The van der Waals surface area contributed by atoms with Crippen LogP contribution in [0.1, 0.15) is 23.1 Å². The van der Waals surface area contributed by atoms with Crippen LogP contribution in [0.25, 0.3) is 0 Å². The summed E-state index contributed by atoms with van der Waals surface area (Å²) in [6, 6.07) is 22.4. The maximum Gasteiger partial charge on any atom is 0.339 e. The van der Waals surface area contributed by atoms with E-state index in [2.05, 4.69) is 15.8 Å². The molecule has 0 aliphatic carbocycles. The average Bonchev–Trinajstić information content (AvgIpc) is 2.76. The normalized spacial score (nSPS) is 10.6. The number of anilines is 1. The second-order valence-corrected chi connectivity index (χ2v) is 7.03. The van der Waals surface area contributed by atoms with Crippen LogP contribution in [0.3, 0.4) is 0 Å². The van der Waals surface area contributed by atoms with Crippen LogP contribution in [0.15, 0.2) is 77.9 Å². The Morgan fingerprint density at radius 2 is 1.61 bits per heavy atom. The monoisotopic (exact) mass is 417 g/mol. The first kappa shape index (κ1) is 21.9. The summed E-state index contributed by atoms with van der Waals surface area (Å²) < 4.78 is 11.7. The van der Waals surface area contributed by atoms with Gasteiger partial charge in [-0.3, -0.25) is 0 Å². The Hall–Kier alpha value is -3.80. The Kier molecular flexibility index (Phi) is 8.05. The van der Waals surface area contributed by atoms with E-state index >= 15 is 0 Å². The van der Waals surface area contributed by atoms with Gasteiger partial charge in [-0.2, -0.15) is 5.10 Å². The van der Waals surface area contributed by atoms with Crippen molar-refractivity contribution in [2.45, 2.75) is 20.3 Å². The lowest BCUT2D eigenvalue weighted by molar-refractivity contribution is 0.245. The molecule has 0 saturated carbocycles. The third kappa shape index (κ3) is 7.19. The molecular weight excluding hydrogens is 390 g/mol. The summed E-state index contributed by atoms with van der Waals surface area (Å²) in [6.45, 7) is 5.23. The molecule has 0 heterocycles. The quantitative estimate of drug-likeness (QED) is 0.282. The molecule has 0 saturated heterocycles. The fourth-order valence-electron chi connectivity index (χ4n) is 2.98. The van der Waals surface area contributed by atoms with Crippen LogP contribution < -0.4 is 20.2 Å². The molecule has 0 aromatic heterocycles. The molecule has 0 atom stereocenters. The molecule has 6 nitrogen and oxygen atoms in total. The molecule has 3 rings (SSSR count). The zero-order valence-electron chi connectivity index (χ0n) is 17.8. The van der Waals surface area contributed by atoms with E-state index < -0.39 is 6.03 Å². The van der Waals surface area contributed by atoms with Crippen molar-refractivity contribution in [1.29, 1.82) is 0 Å². The number of nitrogens with one attached hydrogen (secondary N) is 2. The van der Waals surface area contributed by atoms with Gasteiger partial charge in [0, 0.05) is 12.1 Å². The third-order valence-corrected chi connectivity index (χ3v) is 4.48. The maximum atomic E-state index is 11.8. The number of rotatable bonds is 9. The Labute approximate surface area is 182 Å². The van der Waals surface area contributed by atoms with Crippen molar-refractivity contribution in [3.8, 4) is 11.5 Å². The second kappa shape index (κ2) is 11.4. The molecule has 0 fully saturated rings. The Balaban J connectivity index is 1.40.